The fourth-order valence-corrected chi connectivity index (χ4v) is 3.21. The highest BCUT2D eigenvalue weighted by molar-refractivity contribution is 6.00. The molecule has 0 saturated heterocycles. The number of amidine groups is 1. The number of hydrogen-bond acceptors (Lipinski definition) is 5. The molecule has 152 valence electrons. The molecule has 2 aliphatic rings. The highest BCUT2D eigenvalue weighted by Gasteiger charge is 2.24. The molecular formula is C21H31N5O2. The molecule has 1 aromatic carbocycles. The SMILES string of the molecule is COCCNC(=O)c1cccc(N=C(N)C2=C(NCC3CC3)CCN(C)C2)c1. The van der Waals surface area contributed by atoms with Gasteiger partial charge in [-0.3, -0.25) is 4.79 Å². The van der Waals surface area contributed by atoms with Crippen molar-refractivity contribution in [1.82, 2.24) is 15.5 Å². The number of likely N-dealkylation sites (N-methyl/N-ethyl adjacent to an activating group) is 1. The Labute approximate surface area is 167 Å². The summed E-state index contributed by atoms with van der Waals surface area (Å²) in [5.41, 5.74) is 9.90. The average Bonchev–Trinajstić information content (AvgIpc) is 3.51. The molecule has 1 aliphatic carbocycles. The summed E-state index contributed by atoms with van der Waals surface area (Å²) in [7, 11) is 3.70. The third kappa shape index (κ3) is 5.81. The number of nitrogens with one attached hydrogen (secondary N) is 2. The first-order valence-electron chi connectivity index (χ1n) is 9.93. The summed E-state index contributed by atoms with van der Waals surface area (Å²) in [5, 5.41) is 6.42. The lowest BCUT2D eigenvalue weighted by Crippen LogP contribution is -2.37. The van der Waals surface area contributed by atoms with Crippen molar-refractivity contribution in [3.63, 3.8) is 0 Å². The van der Waals surface area contributed by atoms with Crippen LogP contribution in [0.3, 0.4) is 0 Å². The lowest BCUT2D eigenvalue weighted by molar-refractivity contribution is 0.0937. The summed E-state index contributed by atoms with van der Waals surface area (Å²) in [6, 6.07) is 7.22. The zero-order chi connectivity index (χ0) is 19.9. The van der Waals surface area contributed by atoms with Crippen molar-refractivity contribution in [3.05, 3.63) is 41.1 Å². The van der Waals surface area contributed by atoms with E-state index in [-0.39, 0.29) is 5.91 Å². The van der Waals surface area contributed by atoms with Crippen LogP contribution in [-0.4, -0.2) is 63.6 Å². The average molecular weight is 386 g/mol. The molecule has 7 heteroatoms. The van der Waals surface area contributed by atoms with Crippen LogP contribution < -0.4 is 16.4 Å². The number of hydrogen-bond donors (Lipinski definition) is 3. The van der Waals surface area contributed by atoms with Gasteiger partial charge in [0, 0.05) is 56.5 Å². The Morgan fingerprint density at radius 2 is 2.21 bits per heavy atom. The Bertz CT molecular complexity index is 755. The van der Waals surface area contributed by atoms with Crippen molar-refractivity contribution < 1.29 is 9.53 Å². The third-order valence-electron chi connectivity index (χ3n) is 5.10. The van der Waals surface area contributed by atoms with E-state index < -0.39 is 0 Å². The van der Waals surface area contributed by atoms with Crippen molar-refractivity contribution in [2.45, 2.75) is 19.3 Å². The molecule has 1 amide bonds. The van der Waals surface area contributed by atoms with Crippen LogP contribution in [0.4, 0.5) is 5.69 Å². The van der Waals surface area contributed by atoms with Gasteiger partial charge in [0.15, 0.2) is 0 Å². The van der Waals surface area contributed by atoms with Gasteiger partial charge in [-0.25, -0.2) is 4.99 Å². The summed E-state index contributed by atoms with van der Waals surface area (Å²) in [4.78, 5) is 19.1. The predicted molar refractivity (Wildman–Crippen MR) is 112 cm³/mol. The Balaban J connectivity index is 1.74. The lowest BCUT2D eigenvalue weighted by Gasteiger charge is -2.28. The van der Waals surface area contributed by atoms with Gasteiger partial charge in [-0.1, -0.05) is 6.07 Å². The zero-order valence-corrected chi connectivity index (χ0v) is 16.8. The maximum absolute atomic E-state index is 12.2. The summed E-state index contributed by atoms with van der Waals surface area (Å²) in [5.74, 6) is 1.18. The van der Waals surface area contributed by atoms with E-state index in [1.165, 1.54) is 18.5 Å². The number of rotatable bonds is 9. The molecule has 3 rings (SSSR count). The molecule has 0 unspecified atom stereocenters. The topological polar surface area (TPSA) is 92.0 Å². The number of benzene rings is 1. The number of nitrogens with two attached hydrogens (primary N) is 1. The molecule has 1 fully saturated rings. The molecule has 1 saturated carbocycles. The minimum Gasteiger partial charge on any atom is -0.388 e. The van der Waals surface area contributed by atoms with Crippen LogP contribution in [0.5, 0.6) is 0 Å². The number of amides is 1. The minimum atomic E-state index is -0.143. The molecule has 7 nitrogen and oxygen atoms in total. The number of ether oxygens (including phenoxy) is 1. The van der Waals surface area contributed by atoms with Crippen molar-refractivity contribution in [2.75, 3.05) is 46.9 Å². The van der Waals surface area contributed by atoms with Crippen molar-refractivity contribution in [3.8, 4) is 0 Å². The quantitative estimate of drug-likeness (QED) is 0.341. The molecule has 0 aromatic heterocycles. The first-order valence-corrected chi connectivity index (χ1v) is 9.93. The largest absolute Gasteiger partial charge is 0.388 e. The van der Waals surface area contributed by atoms with Gasteiger partial charge in [-0.05, 0) is 44.0 Å². The number of aliphatic imine (C=N–C) groups is 1. The standard InChI is InChI=1S/C21H31N5O2/c1-26-10-8-19(24-13-15-6-7-15)18(14-26)20(22)25-17-5-3-4-16(12-17)21(27)23-9-11-28-2/h3-5,12,15,24H,6-11,13-14H2,1-2H3,(H2,22,25)(H,23,27). The van der Waals surface area contributed by atoms with E-state index in [9.17, 15) is 4.79 Å². The van der Waals surface area contributed by atoms with Gasteiger partial charge in [0.05, 0.1) is 12.3 Å². The fraction of sp³-hybridized carbons (Fsp3) is 0.524. The van der Waals surface area contributed by atoms with E-state index in [4.69, 9.17) is 10.5 Å². The Kier molecular flexibility index (Phi) is 7.06. The highest BCUT2D eigenvalue weighted by Crippen LogP contribution is 2.28. The van der Waals surface area contributed by atoms with Gasteiger partial charge in [0.25, 0.3) is 5.91 Å². The molecule has 0 radical (unpaired) electrons. The summed E-state index contributed by atoms with van der Waals surface area (Å²) in [6.45, 7) is 3.77. The molecule has 1 heterocycles. The van der Waals surface area contributed by atoms with Crippen LogP contribution in [0.1, 0.15) is 29.6 Å². The minimum absolute atomic E-state index is 0.143. The summed E-state index contributed by atoms with van der Waals surface area (Å²) < 4.78 is 4.96. The van der Waals surface area contributed by atoms with Crippen molar-refractivity contribution in [1.29, 1.82) is 0 Å². The first kappa shape index (κ1) is 20.4. The number of carbonyl (C=O) groups is 1. The highest BCUT2D eigenvalue weighted by atomic mass is 16.5. The molecule has 0 atom stereocenters. The van der Waals surface area contributed by atoms with E-state index in [0.717, 1.165) is 37.5 Å². The van der Waals surface area contributed by atoms with E-state index in [1.807, 2.05) is 12.1 Å². The third-order valence-corrected chi connectivity index (χ3v) is 5.10. The maximum atomic E-state index is 12.2. The number of carbonyl (C=O) groups excluding carboxylic acids is 1. The predicted octanol–water partition coefficient (Wildman–Crippen LogP) is 1.64. The number of methoxy groups -OCH3 is 1. The normalized spacial score (nSPS) is 18.3. The Hall–Kier alpha value is -2.38. The van der Waals surface area contributed by atoms with Crippen LogP contribution in [-0.2, 0) is 4.74 Å². The summed E-state index contributed by atoms with van der Waals surface area (Å²) in [6.07, 6.45) is 3.59. The van der Waals surface area contributed by atoms with Crippen LogP contribution in [0.25, 0.3) is 0 Å². The van der Waals surface area contributed by atoms with E-state index in [2.05, 4.69) is 27.6 Å². The second-order valence-electron chi connectivity index (χ2n) is 7.57. The zero-order valence-electron chi connectivity index (χ0n) is 16.8. The van der Waals surface area contributed by atoms with Crippen molar-refractivity contribution in [2.24, 2.45) is 16.6 Å². The van der Waals surface area contributed by atoms with Gasteiger partial charge in [0.1, 0.15) is 5.84 Å². The molecule has 0 bridgehead atoms. The Morgan fingerprint density at radius 3 is 2.96 bits per heavy atom. The van der Waals surface area contributed by atoms with Crippen LogP contribution in [0.2, 0.25) is 0 Å². The molecule has 0 spiro atoms. The van der Waals surface area contributed by atoms with E-state index in [1.54, 1.807) is 19.2 Å². The van der Waals surface area contributed by atoms with Gasteiger partial charge in [-0.2, -0.15) is 0 Å². The monoisotopic (exact) mass is 385 g/mol. The van der Waals surface area contributed by atoms with E-state index >= 15 is 0 Å². The molecule has 28 heavy (non-hydrogen) atoms. The Morgan fingerprint density at radius 1 is 1.39 bits per heavy atom. The van der Waals surface area contributed by atoms with E-state index in [0.29, 0.717) is 30.2 Å². The molecule has 1 aromatic rings. The fourth-order valence-electron chi connectivity index (χ4n) is 3.21. The summed E-state index contributed by atoms with van der Waals surface area (Å²) >= 11 is 0. The lowest BCUT2D eigenvalue weighted by atomic mass is 10.0. The maximum Gasteiger partial charge on any atom is 0.251 e. The molecule has 1 aliphatic heterocycles. The number of nitrogens with zero attached hydrogens (tertiary/aromatic N) is 2. The van der Waals surface area contributed by atoms with Crippen LogP contribution in [0.15, 0.2) is 40.5 Å². The van der Waals surface area contributed by atoms with Gasteiger partial charge in [-0.15, -0.1) is 0 Å². The van der Waals surface area contributed by atoms with Crippen LogP contribution >= 0.6 is 0 Å². The second kappa shape index (κ2) is 9.71. The smallest absolute Gasteiger partial charge is 0.251 e. The first-order chi connectivity index (χ1) is 13.6. The second-order valence-corrected chi connectivity index (χ2v) is 7.57. The van der Waals surface area contributed by atoms with Gasteiger partial charge in [0.2, 0.25) is 0 Å². The molecule has 4 N–H and O–H groups in total. The van der Waals surface area contributed by atoms with Gasteiger partial charge < -0.3 is 26.0 Å². The van der Waals surface area contributed by atoms with Gasteiger partial charge >= 0.3 is 0 Å². The molecular weight excluding hydrogens is 354 g/mol. The van der Waals surface area contributed by atoms with Crippen molar-refractivity contribution >= 4 is 17.4 Å². The van der Waals surface area contributed by atoms with Crippen LogP contribution in [0, 0.1) is 5.92 Å².